The van der Waals surface area contributed by atoms with Gasteiger partial charge in [-0.25, -0.2) is 4.90 Å². The highest BCUT2D eigenvalue weighted by Gasteiger charge is 2.43. The number of ether oxygens (including phenoxy) is 1. The van der Waals surface area contributed by atoms with E-state index in [0.29, 0.717) is 28.6 Å². The Morgan fingerprint density at radius 3 is 2.33 bits per heavy atom. The number of hydrogen-bond acceptors (Lipinski definition) is 4. The zero-order valence-electron chi connectivity index (χ0n) is 17.3. The van der Waals surface area contributed by atoms with Gasteiger partial charge in [0.1, 0.15) is 11.4 Å². The van der Waals surface area contributed by atoms with Crippen molar-refractivity contribution in [1.29, 1.82) is 0 Å². The fourth-order valence-electron chi connectivity index (χ4n) is 4.04. The van der Waals surface area contributed by atoms with E-state index in [-0.39, 0.29) is 11.8 Å². The Balaban J connectivity index is 1.76. The molecule has 0 unspecified atom stereocenters. The van der Waals surface area contributed by atoms with E-state index in [9.17, 15) is 9.59 Å². The number of benzene rings is 2. The summed E-state index contributed by atoms with van der Waals surface area (Å²) in [6.45, 7) is 6.11. The second kappa shape index (κ2) is 8.52. The largest absolute Gasteiger partial charge is 0.494 e. The van der Waals surface area contributed by atoms with Crippen molar-refractivity contribution < 1.29 is 14.3 Å². The van der Waals surface area contributed by atoms with Crippen LogP contribution < -0.4 is 9.64 Å². The van der Waals surface area contributed by atoms with Crippen molar-refractivity contribution in [3.63, 3.8) is 0 Å². The van der Waals surface area contributed by atoms with Crippen molar-refractivity contribution in [3.8, 4) is 5.75 Å². The Hall–Kier alpha value is -2.79. The summed E-state index contributed by atoms with van der Waals surface area (Å²) in [5.74, 6) is 0.189. The standard InChI is InChI=1S/C24H25ClN2O3/c1-3-14-30-19-9-6-17(7-10-19)21-22(26-12-4-5-13-26)24(29)27(23(21)28)20-11-8-18(25)15-16(20)2/h6-11,15H,3-5,12-14H2,1-2H3. The van der Waals surface area contributed by atoms with Gasteiger partial charge in [0.05, 0.1) is 17.9 Å². The minimum atomic E-state index is -0.297. The molecule has 1 fully saturated rings. The van der Waals surface area contributed by atoms with Crippen molar-refractivity contribution in [1.82, 2.24) is 4.90 Å². The molecule has 2 amide bonds. The van der Waals surface area contributed by atoms with Gasteiger partial charge >= 0.3 is 0 Å². The molecule has 2 aliphatic heterocycles. The van der Waals surface area contributed by atoms with E-state index in [1.807, 2.05) is 36.1 Å². The van der Waals surface area contributed by atoms with Crippen LogP contribution in [0.15, 0.2) is 48.2 Å². The maximum absolute atomic E-state index is 13.5. The molecule has 4 rings (SSSR count). The first-order valence-electron chi connectivity index (χ1n) is 10.4. The van der Waals surface area contributed by atoms with Gasteiger partial charge in [-0.15, -0.1) is 0 Å². The monoisotopic (exact) mass is 424 g/mol. The molecule has 6 heteroatoms. The van der Waals surface area contributed by atoms with E-state index < -0.39 is 0 Å². The Kier molecular flexibility index (Phi) is 5.82. The fourth-order valence-corrected chi connectivity index (χ4v) is 4.27. The predicted molar refractivity (Wildman–Crippen MR) is 119 cm³/mol. The number of nitrogens with zero attached hydrogens (tertiary/aromatic N) is 2. The molecule has 0 radical (unpaired) electrons. The molecule has 0 aromatic heterocycles. The summed E-state index contributed by atoms with van der Waals surface area (Å²) in [6.07, 6.45) is 2.96. The van der Waals surface area contributed by atoms with Crippen LogP contribution in [0.4, 0.5) is 5.69 Å². The third kappa shape index (κ3) is 3.70. The molecule has 0 spiro atoms. The topological polar surface area (TPSA) is 49.9 Å². The molecule has 0 aliphatic carbocycles. The number of carbonyl (C=O) groups excluding carboxylic acids is 2. The van der Waals surface area contributed by atoms with Gasteiger partial charge in [0.2, 0.25) is 0 Å². The smallest absolute Gasteiger partial charge is 0.282 e. The fraction of sp³-hybridized carbons (Fsp3) is 0.333. The number of likely N-dealkylation sites (tertiary alicyclic amines) is 1. The molecular weight excluding hydrogens is 400 g/mol. The first-order chi connectivity index (χ1) is 14.5. The van der Waals surface area contributed by atoms with Crippen molar-refractivity contribution in [2.45, 2.75) is 33.1 Å². The molecule has 0 N–H and O–H groups in total. The third-order valence-corrected chi connectivity index (χ3v) is 5.73. The number of hydrogen-bond donors (Lipinski definition) is 0. The van der Waals surface area contributed by atoms with Crippen LogP contribution in [0.2, 0.25) is 5.02 Å². The van der Waals surface area contributed by atoms with Gasteiger partial charge in [-0.2, -0.15) is 0 Å². The van der Waals surface area contributed by atoms with E-state index >= 15 is 0 Å². The molecule has 2 aromatic rings. The van der Waals surface area contributed by atoms with Crippen molar-refractivity contribution in [2.75, 3.05) is 24.6 Å². The maximum atomic E-state index is 13.5. The first-order valence-corrected chi connectivity index (χ1v) is 10.8. The van der Waals surface area contributed by atoms with Gasteiger partial charge in [0, 0.05) is 18.1 Å². The van der Waals surface area contributed by atoms with Gasteiger partial charge in [0.15, 0.2) is 0 Å². The number of imide groups is 1. The lowest BCUT2D eigenvalue weighted by molar-refractivity contribution is -0.120. The maximum Gasteiger partial charge on any atom is 0.282 e. The van der Waals surface area contributed by atoms with E-state index in [1.54, 1.807) is 18.2 Å². The quantitative estimate of drug-likeness (QED) is 0.624. The van der Waals surface area contributed by atoms with Crippen LogP contribution in [-0.4, -0.2) is 36.4 Å². The van der Waals surface area contributed by atoms with Crippen LogP contribution >= 0.6 is 11.6 Å². The summed E-state index contributed by atoms with van der Waals surface area (Å²) < 4.78 is 5.66. The van der Waals surface area contributed by atoms with Gasteiger partial charge < -0.3 is 9.64 Å². The minimum absolute atomic E-state index is 0.270. The summed E-state index contributed by atoms with van der Waals surface area (Å²) in [6, 6.07) is 12.6. The molecule has 1 saturated heterocycles. The number of carbonyl (C=O) groups is 2. The summed E-state index contributed by atoms with van der Waals surface area (Å²) >= 11 is 6.09. The van der Waals surface area contributed by atoms with Crippen LogP contribution in [0, 0.1) is 6.92 Å². The normalized spacial score (nSPS) is 16.8. The average Bonchev–Trinajstić information content (AvgIpc) is 3.34. The zero-order chi connectivity index (χ0) is 21.3. The lowest BCUT2D eigenvalue weighted by atomic mass is 10.0. The van der Waals surface area contributed by atoms with Crippen LogP contribution in [0.3, 0.4) is 0 Å². The van der Waals surface area contributed by atoms with Gasteiger partial charge in [-0.1, -0.05) is 30.7 Å². The van der Waals surface area contributed by atoms with Crippen molar-refractivity contribution >= 4 is 34.7 Å². The van der Waals surface area contributed by atoms with E-state index in [4.69, 9.17) is 16.3 Å². The molecule has 0 bridgehead atoms. The summed E-state index contributed by atoms with van der Waals surface area (Å²) in [5, 5.41) is 0.575. The first kappa shape index (κ1) is 20.5. The highest BCUT2D eigenvalue weighted by atomic mass is 35.5. The lowest BCUT2D eigenvalue weighted by Crippen LogP contribution is -2.35. The molecule has 2 aromatic carbocycles. The van der Waals surface area contributed by atoms with Crippen LogP contribution in [0.5, 0.6) is 5.75 Å². The predicted octanol–water partition coefficient (Wildman–Crippen LogP) is 4.82. The zero-order valence-corrected chi connectivity index (χ0v) is 18.0. The second-order valence-electron chi connectivity index (χ2n) is 7.67. The molecule has 0 saturated carbocycles. The molecule has 2 heterocycles. The molecule has 30 heavy (non-hydrogen) atoms. The van der Waals surface area contributed by atoms with Crippen LogP contribution in [-0.2, 0) is 9.59 Å². The van der Waals surface area contributed by atoms with E-state index in [2.05, 4.69) is 6.92 Å². The molecule has 5 nitrogen and oxygen atoms in total. The number of rotatable bonds is 6. The number of aryl methyl sites for hydroxylation is 1. The van der Waals surface area contributed by atoms with E-state index in [0.717, 1.165) is 49.2 Å². The molecular formula is C24H25ClN2O3. The van der Waals surface area contributed by atoms with Crippen LogP contribution in [0.25, 0.3) is 5.57 Å². The minimum Gasteiger partial charge on any atom is -0.494 e. The van der Waals surface area contributed by atoms with E-state index in [1.165, 1.54) is 4.90 Å². The summed E-state index contributed by atoms with van der Waals surface area (Å²) in [4.78, 5) is 30.3. The number of anilines is 1. The lowest BCUT2D eigenvalue weighted by Gasteiger charge is -2.21. The van der Waals surface area contributed by atoms with Crippen molar-refractivity contribution in [2.24, 2.45) is 0 Å². The third-order valence-electron chi connectivity index (χ3n) is 5.50. The molecule has 156 valence electrons. The highest BCUT2D eigenvalue weighted by molar-refractivity contribution is 6.45. The highest BCUT2D eigenvalue weighted by Crippen LogP contribution is 2.38. The van der Waals surface area contributed by atoms with Gasteiger partial charge in [-0.3, -0.25) is 9.59 Å². The summed E-state index contributed by atoms with van der Waals surface area (Å²) in [5.41, 5.74) is 3.04. The molecule has 0 atom stereocenters. The summed E-state index contributed by atoms with van der Waals surface area (Å²) in [7, 11) is 0. The number of amides is 2. The Morgan fingerprint density at radius 1 is 1.00 bits per heavy atom. The second-order valence-corrected chi connectivity index (χ2v) is 8.10. The average molecular weight is 425 g/mol. The van der Waals surface area contributed by atoms with Gasteiger partial charge in [0.25, 0.3) is 11.8 Å². The Labute approximate surface area is 181 Å². The Bertz CT molecular complexity index is 1010. The number of halogens is 1. The van der Waals surface area contributed by atoms with Crippen molar-refractivity contribution in [3.05, 3.63) is 64.3 Å². The molecule has 2 aliphatic rings. The Morgan fingerprint density at radius 2 is 1.70 bits per heavy atom. The van der Waals surface area contributed by atoms with Crippen LogP contribution in [0.1, 0.15) is 37.3 Å². The van der Waals surface area contributed by atoms with Gasteiger partial charge in [-0.05, 0) is 67.6 Å². The SMILES string of the molecule is CCCOc1ccc(C2=C(N3CCCC3)C(=O)N(c3ccc(Cl)cc3C)C2=O)cc1.